The average Bonchev–Trinajstić information content (AvgIpc) is 2.09. The molecule has 4 heteroatoms. The normalized spacial score (nSPS) is 30.5. The molecule has 1 saturated heterocycles. The zero-order valence-electron chi connectivity index (χ0n) is 7.29. The van der Waals surface area contributed by atoms with Gasteiger partial charge in [-0.1, -0.05) is 0 Å². The van der Waals surface area contributed by atoms with Crippen molar-refractivity contribution in [3.63, 3.8) is 0 Å². The predicted octanol–water partition coefficient (Wildman–Crippen LogP) is -1.32. The van der Waals surface area contributed by atoms with Gasteiger partial charge in [0.2, 0.25) is 0 Å². The summed E-state index contributed by atoms with van der Waals surface area (Å²) in [6, 6.07) is 0.631. The highest BCUT2D eigenvalue weighted by Crippen LogP contribution is 2.05. The van der Waals surface area contributed by atoms with Crippen LogP contribution in [0.5, 0.6) is 0 Å². The van der Waals surface area contributed by atoms with E-state index in [9.17, 15) is 0 Å². The van der Waals surface area contributed by atoms with Gasteiger partial charge < -0.3 is 20.8 Å². The van der Waals surface area contributed by atoms with Gasteiger partial charge in [0.15, 0.2) is 0 Å². The largest absolute Gasteiger partial charge is 0.396 e. The van der Waals surface area contributed by atoms with Gasteiger partial charge in [-0.25, -0.2) is 0 Å². The average molecular weight is 174 g/mol. The van der Waals surface area contributed by atoms with E-state index in [-0.39, 0.29) is 13.2 Å². The summed E-state index contributed by atoms with van der Waals surface area (Å²) in [5, 5.41) is 24.2. The molecule has 1 heterocycles. The van der Waals surface area contributed by atoms with Crippen molar-refractivity contribution in [2.45, 2.75) is 24.9 Å². The first kappa shape index (κ1) is 9.92. The van der Waals surface area contributed by atoms with Gasteiger partial charge >= 0.3 is 0 Å². The minimum Gasteiger partial charge on any atom is -0.396 e. The molecule has 12 heavy (non-hydrogen) atoms. The number of nitrogens with one attached hydrogen (secondary N) is 2. The lowest BCUT2D eigenvalue weighted by Gasteiger charge is -2.33. The molecule has 0 radical (unpaired) electrons. The van der Waals surface area contributed by atoms with Crippen molar-refractivity contribution < 1.29 is 10.2 Å². The van der Waals surface area contributed by atoms with Crippen LogP contribution in [0.15, 0.2) is 0 Å². The lowest BCUT2D eigenvalue weighted by Crippen LogP contribution is -2.56. The molecule has 0 saturated carbocycles. The highest BCUT2D eigenvalue weighted by Gasteiger charge is 2.22. The van der Waals surface area contributed by atoms with Crippen molar-refractivity contribution in [3.8, 4) is 0 Å². The summed E-state index contributed by atoms with van der Waals surface area (Å²) >= 11 is 0. The molecule has 4 nitrogen and oxygen atoms in total. The predicted molar refractivity (Wildman–Crippen MR) is 47.0 cm³/mol. The number of hydrogen-bond donors (Lipinski definition) is 4. The van der Waals surface area contributed by atoms with E-state index < -0.39 is 0 Å². The van der Waals surface area contributed by atoms with E-state index >= 15 is 0 Å². The molecule has 1 rings (SSSR count). The second kappa shape index (κ2) is 5.48. The van der Waals surface area contributed by atoms with Crippen molar-refractivity contribution in [1.82, 2.24) is 10.6 Å². The van der Waals surface area contributed by atoms with E-state index in [1.807, 2.05) is 0 Å². The van der Waals surface area contributed by atoms with Crippen LogP contribution in [0.3, 0.4) is 0 Å². The van der Waals surface area contributed by atoms with Gasteiger partial charge in [-0.3, -0.25) is 0 Å². The Morgan fingerprint density at radius 1 is 0.917 bits per heavy atom. The van der Waals surface area contributed by atoms with Gasteiger partial charge in [-0.2, -0.15) is 0 Å². The van der Waals surface area contributed by atoms with Crippen LogP contribution in [-0.2, 0) is 0 Å². The third kappa shape index (κ3) is 2.71. The first-order valence-corrected chi connectivity index (χ1v) is 4.57. The molecule has 0 aromatic heterocycles. The minimum atomic E-state index is 0.210. The Bertz CT molecular complexity index is 104. The molecule has 1 aliphatic rings. The first-order valence-electron chi connectivity index (χ1n) is 4.57. The fourth-order valence-electron chi connectivity index (χ4n) is 1.68. The summed E-state index contributed by atoms with van der Waals surface area (Å²) in [6.45, 7) is 2.32. The molecule has 0 amide bonds. The maximum atomic E-state index is 8.77. The van der Waals surface area contributed by atoms with Crippen molar-refractivity contribution in [2.24, 2.45) is 0 Å². The van der Waals surface area contributed by atoms with Crippen LogP contribution in [-0.4, -0.2) is 48.6 Å². The fraction of sp³-hybridized carbons (Fsp3) is 1.00. The van der Waals surface area contributed by atoms with E-state index in [4.69, 9.17) is 10.2 Å². The van der Waals surface area contributed by atoms with Gasteiger partial charge in [0.25, 0.3) is 0 Å². The van der Waals surface area contributed by atoms with Crippen LogP contribution in [0.25, 0.3) is 0 Å². The Balaban J connectivity index is 2.31. The molecule has 0 spiro atoms. The van der Waals surface area contributed by atoms with E-state index in [2.05, 4.69) is 10.6 Å². The third-order valence-electron chi connectivity index (χ3n) is 2.30. The standard InChI is InChI=1S/C8H18N2O2/c11-5-1-7-8(2-6-12)10-4-3-9-7/h7-12H,1-6H2/t7-,8-/m0/s1. The lowest BCUT2D eigenvalue weighted by atomic mass is 10.0. The summed E-state index contributed by atoms with van der Waals surface area (Å²) in [5.74, 6) is 0. The summed E-state index contributed by atoms with van der Waals surface area (Å²) in [4.78, 5) is 0. The number of piperazine rings is 1. The third-order valence-corrected chi connectivity index (χ3v) is 2.30. The molecule has 0 aromatic rings. The second-order valence-corrected chi connectivity index (χ2v) is 3.15. The molecule has 1 aliphatic heterocycles. The van der Waals surface area contributed by atoms with Crippen LogP contribution < -0.4 is 10.6 Å². The monoisotopic (exact) mass is 174 g/mol. The summed E-state index contributed by atoms with van der Waals surface area (Å²) in [7, 11) is 0. The minimum absolute atomic E-state index is 0.210. The molecule has 4 N–H and O–H groups in total. The van der Waals surface area contributed by atoms with Crippen LogP contribution >= 0.6 is 0 Å². The number of aliphatic hydroxyl groups excluding tert-OH is 2. The quantitative estimate of drug-likeness (QED) is 0.427. The Hall–Kier alpha value is -0.160. The Morgan fingerprint density at radius 2 is 1.33 bits per heavy atom. The summed E-state index contributed by atoms with van der Waals surface area (Å²) < 4.78 is 0. The summed E-state index contributed by atoms with van der Waals surface area (Å²) in [6.07, 6.45) is 1.52. The van der Waals surface area contributed by atoms with Crippen molar-refractivity contribution in [1.29, 1.82) is 0 Å². The molecular formula is C8H18N2O2. The van der Waals surface area contributed by atoms with Gasteiger partial charge in [-0.05, 0) is 12.8 Å². The molecule has 0 unspecified atom stereocenters. The highest BCUT2D eigenvalue weighted by atomic mass is 16.3. The van der Waals surface area contributed by atoms with Crippen LogP contribution in [0, 0.1) is 0 Å². The second-order valence-electron chi connectivity index (χ2n) is 3.15. The SMILES string of the molecule is OCC[C@@H]1NCCN[C@H]1CCO. The number of rotatable bonds is 4. The van der Waals surface area contributed by atoms with Gasteiger partial charge in [0.05, 0.1) is 0 Å². The lowest BCUT2D eigenvalue weighted by molar-refractivity contribution is 0.196. The van der Waals surface area contributed by atoms with Gasteiger partial charge in [0.1, 0.15) is 0 Å². The van der Waals surface area contributed by atoms with Crippen molar-refractivity contribution in [2.75, 3.05) is 26.3 Å². The number of hydrogen-bond acceptors (Lipinski definition) is 4. The van der Waals surface area contributed by atoms with Crippen LogP contribution in [0.4, 0.5) is 0 Å². The van der Waals surface area contributed by atoms with E-state index in [0.717, 1.165) is 25.9 Å². The molecule has 1 fully saturated rings. The Morgan fingerprint density at radius 3 is 1.67 bits per heavy atom. The molecule has 0 bridgehead atoms. The summed E-state index contributed by atoms with van der Waals surface area (Å²) in [5.41, 5.74) is 0. The number of aliphatic hydroxyl groups is 2. The molecule has 0 aliphatic carbocycles. The smallest absolute Gasteiger partial charge is 0.0446 e. The molecule has 72 valence electrons. The Labute approximate surface area is 73.0 Å². The zero-order chi connectivity index (χ0) is 8.81. The van der Waals surface area contributed by atoms with Crippen LogP contribution in [0.2, 0.25) is 0 Å². The maximum Gasteiger partial charge on any atom is 0.0446 e. The highest BCUT2D eigenvalue weighted by molar-refractivity contribution is 4.86. The molecular weight excluding hydrogens is 156 g/mol. The van der Waals surface area contributed by atoms with E-state index in [1.165, 1.54) is 0 Å². The molecule has 2 atom stereocenters. The molecule has 0 aromatic carbocycles. The van der Waals surface area contributed by atoms with Crippen molar-refractivity contribution in [3.05, 3.63) is 0 Å². The maximum absolute atomic E-state index is 8.77. The first-order chi connectivity index (χ1) is 5.88. The van der Waals surface area contributed by atoms with Gasteiger partial charge in [-0.15, -0.1) is 0 Å². The van der Waals surface area contributed by atoms with Crippen molar-refractivity contribution >= 4 is 0 Å². The Kier molecular flexibility index (Phi) is 4.53. The fourth-order valence-corrected chi connectivity index (χ4v) is 1.68. The van der Waals surface area contributed by atoms with Crippen LogP contribution in [0.1, 0.15) is 12.8 Å². The van der Waals surface area contributed by atoms with E-state index in [1.54, 1.807) is 0 Å². The van der Waals surface area contributed by atoms with Gasteiger partial charge in [0, 0.05) is 38.4 Å². The topological polar surface area (TPSA) is 64.5 Å². The van der Waals surface area contributed by atoms with E-state index in [0.29, 0.717) is 12.1 Å². The zero-order valence-corrected chi connectivity index (χ0v) is 7.29.